The Balaban J connectivity index is 1.90. The minimum atomic E-state index is -1.04. The summed E-state index contributed by atoms with van der Waals surface area (Å²) in [6.07, 6.45) is 1.72. The molecule has 0 bridgehead atoms. The van der Waals surface area contributed by atoms with Gasteiger partial charge in [0, 0.05) is 5.02 Å². The number of ether oxygens (including phenoxy) is 1. The second kappa shape index (κ2) is 6.96. The minimum Gasteiger partial charge on any atom is -0.493 e. The van der Waals surface area contributed by atoms with E-state index in [-0.39, 0.29) is 5.56 Å². The summed E-state index contributed by atoms with van der Waals surface area (Å²) in [6, 6.07) is 14.7. The molecule has 0 radical (unpaired) electrons. The second-order valence-electron chi connectivity index (χ2n) is 4.38. The van der Waals surface area contributed by atoms with Gasteiger partial charge in [0.2, 0.25) is 0 Å². The Morgan fingerprint density at radius 3 is 2.60 bits per heavy atom. The summed E-state index contributed by atoms with van der Waals surface area (Å²) < 4.78 is 5.54. The third-order valence-corrected chi connectivity index (χ3v) is 3.12. The monoisotopic (exact) mass is 290 g/mol. The molecule has 0 aromatic heterocycles. The Bertz CT molecular complexity index is 582. The van der Waals surface area contributed by atoms with Crippen LogP contribution in [0, 0.1) is 0 Å². The molecule has 0 aliphatic heterocycles. The van der Waals surface area contributed by atoms with Gasteiger partial charge in [-0.05, 0) is 36.6 Å². The summed E-state index contributed by atoms with van der Waals surface area (Å²) in [7, 11) is 0. The van der Waals surface area contributed by atoms with Gasteiger partial charge in [0.05, 0.1) is 6.61 Å². The van der Waals surface area contributed by atoms with Crippen LogP contribution in [0.25, 0.3) is 0 Å². The van der Waals surface area contributed by atoms with Crippen molar-refractivity contribution in [2.75, 3.05) is 6.61 Å². The predicted molar refractivity (Wildman–Crippen MR) is 78.7 cm³/mol. The lowest BCUT2D eigenvalue weighted by Gasteiger charge is -2.09. The number of carboxylic acids is 1. The van der Waals surface area contributed by atoms with Crippen LogP contribution >= 0.6 is 11.6 Å². The first-order valence-electron chi connectivity index (χ1n) is 6.36. The Kier molecular flexibility index (Phi) is 5.02. The average Bonchev–Trinajstić information content (AvgIpc) is 2.45. The van der Waals surface area contributed by atoms with Crippen molar-refractivity contribution in [1.29, 1.82) is 0 Å². The average molecular weight is 291 g/mol. The van der Waals surface area contributed by atoms with Gasteiger partial charge in [-0.3, -0.25) is 0 Å². The van der Waals surface area contributed by atoms with E-state index in [1.807, 2.05) is 18.2 Å². The van der Waals surface area contributed by atoms with Gasteiger partial charge in [0.15, 0.2) is 0 Å². The highest BCUT2D eigenvalue weighted by Crippen LogP contribution is 2.23. The Morgan fingerprint density at radius 1 is 1.15 bits per heavy atom. The highest BCUT2D eigenvalue weighted by molar-refractivity contribution is 6.31. The summed E-state index contributed by atoms with van der Waals surface area (Å²) >= 11 is 5.78. The Labute approximate surface area is 122 Å². The maximum absolute atomic E-state index is 11.1. The highest BCUT2D eigenvalue weighted by Gasteiger charge is 2.11. The molecule has 104 valence electrons. The number of aromatic carboxylic acids is 1. The molecule has 0 aliphatic rings. The lowest BCUT2D eigenvalue weighted by molar-refractivity contribution is 0.0692. The zero-order chi connectivity index (χ0) is 14.4. The summed E-state index contributed by atoms with van der Waals surface area (Å²) in [5, 5.41) is 9.47. The van der Waals surface area contributed by atoms with Crippen molar-refractivity contribution < 1.29 is 14.6 Å². The van der Waals surface area contributed by atoms with Crippen molar-refractivity contribution in [3.63, 3.8) is 0 Å². The van der Waals surface area contributed by atoms with Gasteiger partial charge in [-0.1, -0.05) is 41.9 Å². The number of rotatable bonds is 6. The summed E-state index contributed by atoms with van der Waals surface area (Å²) in [5.74, 6) is -0.680. The maximum Gasteiger partial charge on any atom is 0.339 e. The van der Waals surface area contributed by atoms with Crippen LogP contribution in [-0.4, -0.2) is 17.7 Å². The van der Waals surface area contributed by atoms with Crippen LogP contribution in [0.3, 0.4) is 0 Å². The van der Waals surface area contributed by atoms with Gasteiger partial charge in [0.1, 0.15) is 11.3 Å². The molecule has 20 heavy (non-hydrogen) atoms. The van der Waals surface area contributed by atoms with Gasteiger partial charge in [-0.15, -0.1) is 0 Å². The van der Waals surface area contributed by atoms with E-state index in [2.05, 4.69) is 12.1 Å². The van der Waals surface area contributed by atoms with E-state index >= 15 is 0 Å². The maximum atomic E-state index is 11.1. The number of hydrogen-bond acceptors (Lipinski definition) is 2. The lowest BCUT2D eigenvalue weighted by Crippen LogP contribution is -2.05. The van der Waals surface area contributed by atoms with Crippen LogP contribution < -0.4 is 4.74 Å². The number of hydrogen-bond donors (Lipinski definition) is 1. The molecule has 0 atom stereocenters. The Hall–Kier alpha value is -2.00. The molecule has 2 aromatic carbocycles. The molecule has 0 saturated heterocycles. The van der Waals surface area contributed by atoms with Crippen molar-refractivity contribution in [1.82, 2.24) is 0 Å². The van der Waals surface area contributed by atoms with E-state index in [9.17, 15) is 4.79 Å². The van der Waals surface area contributed by atoms with Gasteiger partial charge in [-0.2, -0.15) is 0 Å². The highest BCUT2D eigenvalue weighted by atomic mass is 35.5. The molecule has 2 rings (SSSR count). The number of carboxylic acid groups (broad SMARTS) is 1. The van der Waals surface area contributed by atoms with Crippen LogP contribution in [0.15, 0.2) is 48.5 Å². The van der Waals surface area contributed by atoms with Crippen LogP contribution in [0.4, 0.5) is 0 Å². The van der Waals surface area contributed by atoms with Gasteiger partial charge in [-0.25, -0.2) is 4.79 Å². The third-order valence-electron chi connectivity index (χ3n) is 2.88. The zero-order valence-electron chi connectivity index (χ0n) is 10.9. The molecular weight excluding hydrogens is 276 g/mol. The molecule has 2 aromatic rings. The van der Waals surface area contributed by atoms with E-state index in [0.717, 1.165) is 12.8 Å². The van der Waals surface area contributed by atoms with E-state index in [0.29, 0.717) is 17.4 Å². The number of aryl methyl sites for hydroxylation is 1. The number of halogens is 1. The standard InChI is InChI=1S/C16H15ClO3/c17-13-8-9-15(14(11-13)16(18)19)20-10-4-7-12-5-2-1-3-6-12/h1-3,5-6,8-9,11H,4,7,10H2,(H,18,19). The smallest absolute Gasteiger partial charge is 0.339 e. The van der Waals surface area contributed by atoms with Crippen LogP contribution in [-0.2, 0) is 6.42 Å². The topological polar surface area (TPSA) is 46.5 Å². The molecule has 0 unspecified atom stereocenters. The largest absolute Gasteiger partial charge is 0.493 e. The van der Waals surface area contributed by atoms with E-state index in [1.54, 1.807) is 12.1 Å². The van der Waals surface area contributed by atoms with Crippen molar-refractivity contribution in [3.05, 3.63) is 64.7 Å². The van der Waals surface area contributed by atoms with Crippen molar-refractivity contribution in [2.45, 2.75) is 12.8 Å². The quantitative estimate of drug-likeness (QED) is 0.816. The Morgan fingerprint density at radius 2 is 1.90 bits per heavy atom. The number of carbonyl (C=O) groups is 1. The van der Waals surface area contributed by atoms with Crippen molar-refractivity contribution in [2.24, 2.45) is 0 Å². The van der Waals surface area contributed by atoms with E-state index in [4.69, 9.17) is 21.4 Å². The molecule has 1 N–H and O–H groups in total. The normalized spacial score (nSPS) is 10.2. The van der Waals surface area contributed by atoms with E-state index < -0.39 is 5.97 Å². The minimum absolute atomic E-state index is 0.0946. The van der Waals surface area contributed by atoms with Crippen molar-refractivity contribution in [3.8, 4) is 5.75 Å². The first kappa shape index (κ1) is 14.4. The molecule has 4 heteroatoms. The number of benzene rings is 2. The molecule has 0 fully saturated rings. The SMILES string of the molecule is O=C(O)c1cc(Cl)ccc1OCCCc1ccccc1. The van der Waals surface area contributed by atoms with Crippen LogP contribution in [0.5, 0.6) is 5.75 Å². The van der Waals surface area contributed by atoms with E-state index in [1.165, 1.54) is 11.6 Å². The molecule has 0 aliphatic carbocycles. The van der Waals surface area contributed by atoms with Crippen molar-refractivity contribution >= 4 is 17.6 Å². The summed E-state index contributed by atoms with van der Waals surface area (Å²) in [4.78, 5) is 11.1. The molecule has 0 heterocycles. The lowest BCUT2D eigenvalue weighted by atomic mass is 10.1. The fourth-order valence-electron chi connectivity index (χ4n) is 1.90. The molecule has 0 spiro atoms. The van der Waals surface area contributed by atoms with Gasteiger partial charge in [0.25, 0.3) is 0 Å². The summed E-state index contributed by atoms with van der Waals surface area (Å²) in [6.45, 7) is 0.469. The fraction of sp³-hybridized carbons (Fsp3) is 0.188. The molecule has 0 saturated carbocycles. The van der Waals surface area contributed by atoms with Crippen LogP contribution in [0.1, 0.15) is 22.3 Å². The predicted octanol–water partition coefficient (Wildman–Crippen LogP) is 4.05. The molecule has 3 nitrogen and oxygen atoms in total. The second-order valence-corrected chi connectivity index (χ2v) is 4.82. The van der Waals surface area contributed by atoms with Gasteiger partial charge < -0.3 is 9.84 Å². The molecular formula is C16H15ClO3. The van der Waals surface area contributed by atoms with Gasteiger partial charge >= 0.3 is 5.97 Å². The third kappa shape index (κ3) is 4.00. The summed E-state index contributed by atoms with van der Waals surface area (Å²) in [5.41, 5.74) is 1.34. The first-order chi connectivity index (χ1) is 9.66. The van der Waals surface area contributed by atoms with Crippen LogP contribution in [0.2, 0.25) is 5.02 Å². The molecule has 0 amide bonds. The first-order valence-corrected chi connectivity index (χ1v) is 6.74. The fourth-order valence-corrected chi connectivity index (χ4v) is 2.07. The zero-order valence-corrected chi connectivity index (χ0v) is 11.6.